The van der Waals surface area contributed by atoms with Gasteiger partial charge in [0.25, 0.3) is 0 Å². The molecule has 0 aliphatic rings. The number of benzene rings is 2. The van der Waals surface area contributed by atoms with Crippen LogP contribution in [0.25, 0.3) is 0 Å². The molecule has 0 spiro atoms. The summed E-state index contributed by atoms with van der Waals surface area (Å²) in [5.74, 6) is 1.41. The van der Waals surface area contributed by atoms with Crippen LogP contribution in [0.15, 0.2) is 42.5 Å². The molecule has 0 bridgehead atoms. The summed E-state index contributed by atoms with van der Waals surface area (Å²) in [5, 5.41) is 3.03. The standard InChI is InChI=1S/C20H26N2O3.ClH/c1-14(12-15-8-10-18(24-2)19(13-15)25-3)22-20(23)11-9-16-6-4-5-7-17(16)21;/h4-8,10,13-14H,9,11-12,21H2,1-3H3,(H,22,23);1H. The fourth-order valence-electron chi connectivity index (χ4n) is 2.77. The van der Waals surface area contributed by atoms with Crippen molar-refractivity contribution in [3.63, 3.8) is 0 Å². The zero-order chi connectivity index (χ0) is 18.2. The molecule has 2 rings (SSSR count). The average Bonchev–Trinajstić information content (AvgIpc) is 2.60. The second-order valence-corrected chi connectivity index (χ2v) is 6.06. The molecule has 0 aliphatic heterocycles. The summed E-state index contributed by atoms with van der Waals surface area (Å²) in [7, 11) is 3.22. The van der Waals surface area contributed by atoms with Crippen LogP contribution >= 0.6 is 12.4 Å². The van der Waals surface area contributed by atoms with E-state index in [1.165, 1.54) is 0 Å². The molecule has 0 aromatic heterocycles. The van der Waals surface area contributed by atoms with E-state index in [2.05, 4.69) is 5.32 Å². The number of ether oxygens (including phenoxy) is 2. The number of carbonyl (C=O) groups excluding carboxylic acids is 1. The number of nitrogens with one attached hydrogen (secondary N) is 1. The van der Waals surface area contributed by atoms with Crippen LogP contribution in [0.3, 0.4) is 0 Å². The maximum atomic E-state index is 12.2. The van der Waals surface area contributed by atoms with Crippen molar-refractivity contribution in [2.75, 3.05) is 20.0 Å². The number of methoxy groups -OCH3 is 2. The summed E-state index contributed by atoms with van der Waals surface area (Å²) in [6, 6.07) is 13.5. The van der Waals surface area contributed by atoms with E-state index in [9.17, 15) is 4.79 Å². The number of nitrogens with two attached hydrogens (primary N) is 1. The van der Waals surface area contributed by atoms with Gasteiger partial charge in [-0.15, -0.1) is 12.4 Å². The lowest BCUT2D eigenvalue weighted by Crippen LogP contribution is -2.34. The molecule has 1 atom stereocenters. The molecule has 0 fully saturated rings. The smallest absolute Gasteiger partial charge is 0.220 e. The molecule has 0 saturated heterocycles. The van der Waals surface area contributed by atoms with Crippen molar-refractivity contribution in [1.29, 1.82) is 0 Å². The molecule has 0 aliphatic carbocycles. The van der Waals surface area contributed by atoms with Gasteiger partial charge in [0.1, 0.15) is 0 Å². The molecule has 0 radical (unpaired) electrons. The summed E-state index contributed by atoms with van der Waals surface area (Å²) in [6.07, 6.45) is 1.78. The van der Waals surface area contributed by atoms with Crippen molar-refractivity contribution in [1.82, 2.24) is 5.32 Å². The Morgan fingerprint density at radius 3 is 2.46 bits per heavy atom. The van der Waals surface area contributed by atoms with Gasteiger partial charge in [0, 0.05) is 18.2 Å². The van der Waals surface area contributed by atoms with Gasteiger partial charge in [-0.1, -0.05) is 24.3 Å². The highest BCUT2D eigenvalue weighted by Crippen LogP contribution is 2.28. The van der Waals surface area contributed by atoms with Gasteiger partial charge >= 0.3 is 0 Å². The predicted octanol–water partition coefficient (Wildman–Crippen LogP) is 3.39. The second kappa shape index (κ2) is 10.6. The van der Waals surface area contributed by atoms with Crippen molar-refractivity contribution in [3.8, 4) is 11.5 Å². The lowest BCUT2D eigenvalue weighted by atomic mass is 10.1. The van der Waals surface area contributed by atoms with Gasteiger partial charge in [0.15, 0.2) is 11.5 Å². The van der Waals surface area contributed by atoms with E-state index in [4.69, 9.17) is 15.2 Å². The van der Waals surface area contributed by atoms with Crippen LogP contribution in [-0.2, 0) is 17.6 Å². The van der Waals surface area contributed by atoms with Crippen molar-refractivity contribution in [2.24, 2.45) is 0 Å². The highest BCUT2D eigenvalue weighted by atomic mass is 35.5. The van der Waals surface area contributed by atoms with Crippen LogP contribution in [0.2, 0.25) is 0 Å². The minimum absolute atomic E-state index is 0. The summed E-state index contributed by atoms with van der Waals surface area (Å²) < 4.78 is 10.6. The summed E-state index contributed by atoms with van der Waals surface area (Å²) in [4.78, 5) is 12.2. The molecule has 3 N–H and O–H groups in total. The van der Waals surface area contributed by atoms with Crippen molar-refractivity contribution >= 4 is 24.0 Å². The van der Waals surface area contributed by atoms with Gasteiger partial charge in [-0.2, -0.15) is 0 Å². The van der Waals surface area contributed by atoms with E-state index in [-0.39, 0.29) is 24.4 Å². The molecule has 1 unspecified atom stereocenters. The number of anilines is 1. The first-order chi connectivity index (χ1) is 12.0. The molecule has 2 aromatic carbocycles. The number of aryl methyl sites for hydroxylation is 1. The van der Waals surface area contributed by atoms with Crippen LogP contribution in [0.5, 0.6) is 11.5 Å². The number of nitrogen functional groups attached to an aromatic ring is 1. The highest BCUT2D eigenvalue weighted by molar-refractivity contribution is 5.85. The Bertz CT molecular complexity index is 722. The number of carbonyl (C=O) groups is 1. The van der Waals surface area contributed by atoms with Crippen molar-refractivity contribution in [2.45, 2.75) is 32.2 Å². The third kappa shape index (κ3) is 6.15. The van der Waals surface area contributed by atoms with Gasteiger partial charge in [0.05, 0.1) is 14.2 Å². The fourth-order valence-corrected chi connectivity index (χ4v) is 2.77. The zero-order valence-electron chi connectivity index (χ0n) is 15.5. The maximum Gasteiger partial charge on any atom is 0.220 e. The molecule has 2 aromatic rings. The molecule has 0 saturated carbocycles. The number of amides is 1. The van der Waals surface area contributed by atoms with E-state index in [0.717, 1.165) is 23.2 Å². The lowest BCUT2D eigenvalue weighted by molar-refractivity contribution is -0.121. The van der Waals surface area contributed by atoms with E-state index in [0.29, 0.717) is 24.3 Å². The van der Waals surface area contributed by atoms with Crippen molar-refractivity contribution in [3.05, 3.63) is 53.6 Å². The molecular formula is C20H27ClN2O3. The quantitative estimate of drug-likeness (QED) is 0.690. The van der Waals surface area contributed by atoms with Gasteiger partial charge in [0.2, 0.25) is 5.91 Å². The minimum atomic E-state index is 0. The van der Waals surface area contributed by atoms with Crippen LogP contribution in [0.1, 0.15) is 24.5 Å². The minimum Gasteiger partial charge on any atom is -0.493 e. The molecular weight excluding hydrogens is 352 g/mol. The van der Waals surface area contributed by atoms with Crippen LogP contribution in [0, 0.1) is 0 Å². The fraction of sp³-hybridized carbons (Fsp3) is 0.350. The molecule has 142 valence electrons. The first kappa shape index (κ1) is 21.6. The normalized spacial score (nSPS) is 11.2. The third-order valence-electron chi connectivity index (χ3n) is 4.07. The third-order valence-corrected chi connectivity index (χ3v) is 4.07. The Morgan fingerprint density at radius 2 is 1.81 bits per heavy atom. The predicted molar refractivity (Wildman–Crippen MR) is 107 cm³/mol. The van der Waals surface area contributed by atoms with Gasteiger partial charge < -0.3 is 20.5 Å². The van der Waals surface area contributed by atoms with Gasteiger partial charge in [-0.3, -0.25) is 4.79 Å². The molecule has 5 nitrogen and oxygen atoms in total. The van der Waals surface area contributed by atoms with Gasteiger partial charge in [-0.25, -0.2) is 0 Å². The summed E-state index contributed by atoms with van der Waals surface area (Å²) >= 11 is 0. The molecule has 0 heterocycles. The first-order valence-electron chi connectivity index (χ1n) is 8.37. The lowest BCUT2D eigenvalue weighted by Gasteiger charge is -2.16. The SMILES string of the molecule is COc1ccc(CC(C)NC(=O)CCc2ccccc2N)cc1OC.Cl. The van der Waals surface area contributed by atoms with Gasteiger partial charge in [-0.05, 0) is 49.1 Å². The Labute approximate surface area is 161 Å². The summed E-state index contributed by atoms with van der Waals surface area (Å²) in [5.41, 5.74) is 8.72. The van der Waals surface area contributed by atoms with Crippen LogP contribution < -0.4 is 20.5 Å². The number of halogens is 1. The van der Waals surface area contributed by atoms with E-state index in [1.54, 1.807) is 14.2 Å². The first-order valence-corrected chi connectivity index (χ1v) is 8.37. The molecule has 1 amide bonds. The van der Waals surface area contributed by atoms with Crippen LogP contribution in [0.4, 0.5) is 5.69 Å². The number of para-hydroxylation sites is 1. The zero-order valence-corrected chi connectivity index (χ0v) is 16.3. The summed E-state index contributed by atoms with van der Waals surface area (Å²) in [6.45, 7) is 1.99. The van der Waals surface area contributed by atoms with E-state index < -0.39 is 0 Å². The Morgan fingerprint density at radius 1 is 1.12 bits per heavy atom. The topological polar surface area (TPSA) is 73.6 Å². The second-order valence-electron chi connectivity index (χ2n) is 6.06. The molecule has 26 heavy (non-hydrogen) atoms. The van der Waals surface area contributed by atoms with Crippen molar-refractivity contribution < 1.29 is 14.3 Å². The Hall–Kier alpha value is -2.40. The largest absolute Gasteiger partial charge is 0.493 e. The monoisotopic (exact) mass is 378 g/mol. The van der Waals surface area contributed by atoms with Crippen LogP contribution in [-0.4, -0.2) is 26.2 Å². The van der Waals surface area contributed by atoms with E-state index >= 15 is 0 Å². The van der Waals surface area contributed by atoms with E-state index in [1.807, 2.05) is 49.4 Å². The molecule has 6 heteroatoms. The highest BCUT2D eigenvalue weighted by Gasteiger charge is 2.11. The Kier molecular flexibility index (Phi) is 8.79. The number of hydrogen-bond acceptors (Lipinski definition) is 4. The number of rotatable bonds is 8. The average molecular weight is 379 g/mol. The Balaban J connectivity index is 0.00000338. The maximum absolute atomic E-state index is 12.2. The number of hydrogen-bond donors (Lipinski definition) is 2.